The fourth-order valence-electron chi connectivity index (χ4n) is 4.76. The van der Waals surface area contributed by atoms with E-state index in [2.05, 4.69) is 61.4 Å². The second kappa shape index (κ2) is 9.81. The van der Waals surface area contributed by atoms with E-state index in [1.807, 2.05) is 39.9 Å². The summed E-state index contributed by atoms with van der Waals surface area (Å²) in [7, 11) is 0. The molecule has 0 spiro atoms. The summed E-state index contributed by atoms with van der Waals surface area (Å²) in [5.74, 6) is 1.40. The van der Waals surface area contributed by atoms with E-state index >= 15 is 0 Å². The topological polar surface area (TPSA) is 106 Å². The molecule has 0 atom stereocenters. The van der Waals surface area contributed by atoms with Gasteiger partial charge in [-0.1, -0.05) is 47.2 Å². The Morgan fingerprint density at radius 2 is 1.64 bits per heavy atom. The number of aromatic nitrogens is 4. The van der Waals surface area contributed by atoms with E-state index < -0.39 is 0 Å². The molecule has 4 aromatic rings. The number of hydrogen-bond acceptors (Lipinski definition) is 5. The summed E-state index contributed by atoms with van der Waals surface area (Å²) in [4.78, 5) is 6.78. The van der Waals surface area contributed by atoms with Crippen molar-refractivity contribution >= 4 is 5.96 Å². The number of hydrogen-bond donors (Lipinski definition) is 2. The lowest BCUT2D eigenvalue weighted by atomic mass is 10.0. The van der Waals surface area contributed by atoms with Gasteiger partial charge in [0.15, 0.2) is 5.96 Å². The molecular formula is C28H31N7O. The molecule has 0 aliphatic carbocycles. The van der Waals surface area contributed by atoms with Crippen LogP contribution in [0.1, 0.15) is 35.6 Å². The van der Waals surface area contributed by atoms with Crippen LogP contribution in [0.3, 0.4) is 0 Å². The maximum atomic E-state index is 7.76. The van der Waals surface area contributed by atoms with Crippen LogP contribution in [0.15, 0.2) is 60.7 Å². The normalized spacial score (nSPS) is 14.1. The molecule has 3 heterocycles. The molecule has 36 heavy (non-hydrogen) atoms. The second-order valence-electron chi connectivity index (χ2n) is 9.49. The van der Waals surface area contributed by atoms with Crippen molar-refractivity contribution in [3.63, 3.8) is 0 Å². The van der Waals surface area contributed by atoms with Gasteiger partial charge in [0, 0.05) is 24.7 Å². The van der Waals surface area contributed by atoms with Gasteiger partial charge in [-0.15, -0.1) is 5.10 Å². The van der Waals surface area contributed by atoms with E-state index in [1.54, 1.807) is 0 Å². The van der Waals surface area contributed by atoms with E-state index in [-0.39, 0.29) is 12.0 Å². The first kappa shape index (κ1) is 23.5. The van der Waals surface area contributed by atoms with Crippen LogP contribution in [0.25, 0.3) is 22.6 Å². The third-order valence-electron chi connectivity index (χ3n) is 6.55. The Labute approximate surface area is 211 Å². The summed E-state index contributed by atoms with van der Waals surface area (Å²) in [6, 6.07) is 20.4. The van der Waals surface area contributed by atoms with Gasteiger partial charge in [-0.2, -0.15) is 0 Å². The van der Waals surface area contributed by atoms with E-state index in [9.17, 15) is 0 Å². The molecule has 2 aromatic carbocycles. The standard InChI is InChI=1S/C28H31N7O/c1-18-7-9-21(10-8-18)26-27(35(33-32-26)22-11-13-34(14-12-22)28(29)30)24-5-4-6-25(31-24)36-23-16-19(2)15-20(3)17-23/h4-10,15-17,22H,11-14H2,1-3H3,(H3,29,30). The molecule has 1 fully saturated rings. The second-order valence-corrected chi connectivity index (χ2v) is 9.49. The number of piperidine rings is 1. The molecule has 0 radical (unpaired) electrons. The van der Waals surface area contributed by atoms with Crippen LogP contribution in [0, 0.1) is 26.2 Å². The van der Waals surface area contributed by atoms with Crippen LogP contribution in [0.5, 0.6) is 11.6 Å². The largest absolute Gasteiger partial charge is 0.439 e. The van der Waals surface area contributed by atoms with Crippen LogP contribution in [-0.4, -0.2) is 43.9 Å². The van der Waals surface area contributed by atoms with Crippen LogP contribution in [-0.2, 0) is 0 Å². The molecule has 1 aliphatic rings. The van der Waals surface area contributed by atoms with Crippen molar-refractivity contribution in [1.82, 2.24) is 24.9 Å². The van der Waals surface area contributed by atoms with Crippen LogP contribution >= 0.6 is 0 Å². The van der Waals surface area contributed by atoms with Gasteiger partial charge >= 0.3 is 0 Å². The third kappa shape index (κ3) is 4.93. The third-order valence-corrected chi connectivity index (χ3v) is 6.55. The van der Waals surface area contributed by atoms with Crippen molar-refractivity contribution in [2.24, 2.45) is 5.73 Å². The minimum Gasteiger partial charge on any atom is -0.439 e. The lowest BCUT2D eigenvalue weighted by molar-refractivity contribution is 0.250. The van der Waals surface area contributed by atoms with Crippen molar-refractivity contribution in [2.75, 3.05) is 13.1 Å². The molecule has 0 unspecified atom stereocenters. The lowest BCUT2D eigenvalue weighted by Gasteiger charge is -2.32. The Kier molecular flexibility index (Phi) is 6.41. The quantitative estimate of drug-likeness (QED) is 0.298. The molecule has 8 heteroatoms. The SMILES string of the molecule is Cc1ccc(-c2nnn(C3CCN(C(=N)N)CC3)c2-c2cccc(Oc3cc(C)cc(C)c3)n2)cc1. The highest BCUT2D eigenvalue weighted by molar-refractivity contribution is 5.77. The number of likely N-dealkylation sites (tertiary alicyclic amines) is 1. The number of rotatable bonds is 5. The highest BCUT2D eigenvalue weighted by atomic mass is 16.5. The number of nitrogens with zero attached hydrogens (tertiary/aromatic N) is 5. The summed E-state index contributed by atoms with van der Waals surface area (Å²) in [5, 5.41) is 17.0. The molecular weight excluding hydrogens is 450 g/mol. The van der Waals surface area contributed by atoms with Crippen molar-refractivity contribution in [1.29, 1.82) is 5.41 Å². The average Bonchev–Trinajstić information content (AvgIpc) is 3.29. The predicted octanol–water partition coefficient (Wildman–Crippen LogP) is 5.26. The predicted molar refractivity (Wildman–Crippen MR) is 141 cm³/mol. The molecule has 3 N–H and O–H groups in total. The summed E-state index contributed by atoms with van der Waals surface area (Å²) in [6.07, 6.45) is 1.64. The van der Waals surface area contributed by atoms with Gasteiger partial charge in [0.1, 0.15) is 17.1 Å². The van der Waals surface area contributed by atoms with Gasteiger partial charge in [0.05, 0.1) is 11.7 Å². The molecule has 8 nitrogen and oxygen atoms in total. The Balaban J connectivity index is 1.54. The maximum absolute atomic E-state index is 7.76. The number of benzene rings is 2. The van der Waals surface area contributed by atoms with E-state index in [1.165, 1.54) is 5.56 Å². The number of pyridine rings is 1. The highest BCUT2D eigenvalue weighted by Gasteiger charge is 2.27. The Morgan fingerprint density at radius 1 is 0.944 bits per heavy atom. The van der Waals surface area contributed by atoms with Crippen molar-refractivity contribution in [3.05, 3.63) is 77.4 Å². The van der Waals surface area contributed by atoms with Gasteiger partial charge in [-0.3, -0.25) is 5.41 Å². The smallest absolute Gasteiger partial charge is 0.219 e. The Hall–Kier alpha value is -4.20. The zero-order valence-corrected chi connectivity index (χ0v) is 20.9. The van der Waals surface area contributed by atoms with E-state index in [0.29, 0.717) is 19.0 Å². The van der Waals surface area contributed by atoms with Crippen LogP contribution < -0.4 is 10.5 Å². The monoisotopic (exact) mass is 481 g/mol. The first-order valence-corrected chi connectivity index (χ1v) is 12.2. The van der Waals surface area contributed by atoms with E-state index in [4.69, 9.17) is 20.9 Å². The van der Waals surface area contributed by atoms with Gasteiger partial charge < -0.3 is 15.4 Å². The van der Waals surface area contributed by atoms with Crippen molar-refractivity contribution in [2.45, 2.75) is 39.7 Å². The zero-order chi connectivity index (χ0) is 25.2. The van der Waals surface area contributed by atoms with Gasteiger partial charge in [0.25, 0.3) is 0 Å². The lowest BCUT2D eigenvalue weighted by Crippen LogP contribution is -2.42. The molecule has 0 amide bonds. The highest BCUT2D eigenvalue weighted by Crippen LogP contribution is 2.35. The molecule has 1 saturated heterocycles. The number of ether oxygens (including phenoxy) is 1. The number of nitrogens with two attached hydrogens (primary N) is 1. The average molecular weight is 482 g/mol. The Bertz CT molecular complexity index is 1370. The van der Waals surface area contributed by atoms with Crippen molar-refractivity contribution < 1.29 is 4.74 Å². The summed E-state index contributed by atoms with van der Waals surface area (Å²) in [6.45, 7) is 7.60. The van der Waals surface area contributed by atoms with Gasteiger partial charge in [-0.05, 0) is 62.9 Å². The first-order valence-electron chi connectivity index (χ1n) is 12.2. The zero-order valence-electron chi connectivity index (χ0n) is 20.9. The van der Waals surface area contributed by atoms with Crippen LogP contribution in [0.4, 0.5) is 0 Å². The molecule has 0 bridgehead atoms. The van der Waals surface area contributed by atoms with Gasteiger partial charge in [0.2, 0.25) is 5.88 Å². The molecule has 1 aliphatic heterocycles. The molecule has 0 saturated carbocycles. The fourth-order valence-corrected chi connectivity index (χ4v) is 4.76. The minimum absolute atomic E-state index is 0.116. The minimum atomic E-state index is 0.116. The maximum Gasteiger partial charge on any atom is 0.219 e. The summed E-state index contributed by atoms with van der Waals surface area (Å²) >= 11 is 0. The van der Waals surface area contributed by atoms with Crippen LogP contribution in [0.2, 0.25) is 0 Å². The molecule has 184 valence electrons. The molecule has 5 rings (SSSR count). The molecule has 2 aromatic heterocycles. The van der Waals surface area contributed by atoms with E-state index in [0.717, 1.165) is 52.4 Å². The Morgan fingerprint density at radius 3 is 2.31 bits per heavy atom. The number of guanidine groups is 1. The van der Waals surface area contributed by atoms with Crippen molar-refractivity contribution in [3.8, 4) is 34.3 Å². The number of nitrogens with one attached hydrogen (secondary N) is 1. The summed E-state index contributed by atoms with van der Waals surface area (Å²) in [5.41, 5.74) is 12.6. The summed E-state index contributed by atoms with van der Waals surface area (Å²) < 4.78 is 8.16. The number of aryl methyl sites for hydroxylation is 3. The fraction of sp³-hybridized carbons (Fsp3) is 0.286. The van der Waals surface area contributed by atoms with Gasteiger partial charge in [-0.25, -0.2) is 9.67 Å². The first-order chi connectivity index (χ1) is 17.4.